The maximum Gasteiger partial charge on any atom is 0.269 e. The zero-order valence-corrected chi connectivity index (χ0v) is 17.9. The van der Waals surface area contributed by atoms with Crippen molar-refractivity contribution < 1.29 is 14.3 Å². The van der Waals surface area contributed by atoms with Gasteiger partial charge in [0.05, 0.1) is 20.1 Å². The molecule has 0 radical (unpaired) electrons. The number of methoxy groups -OCH3 is 1. The Hall–Kier alpha value is -4.53. The fourth-order valence-corrected chi connectivity index (χ4v) is 3.11. The Morgan fingerprint density at radius 3 is 2.27 bits per heavy atom. The second kappa shape index (κ2) is 10.2. The Bertz CT molecular complexity index is 1220. The number of benzene rings is 3. The molecule has 0 saturated heterocycles. The van der Waals surface area contributed by atoms with Gasteiger partial charge in [0.2, 0.25) is 11.7 Å². The number of nitrogens with zero attached hydrogens (tertiary/aromatic N) is 4. The van der Waals surface area contributed by atoms with Gasteiger partial charge < -0.3 is 4.74 Å². The van der Waals surface area contributed by atoms with Crippen LogP contribution in [0.25, 0.3) is 11.4 Å². The van der Waals surface area contributed by atoms with E-state index < -0.39 is 5.91 Å². The SMILES string of the molecule is COc1ccc(CC(=O)NNC(=O)c2ccc(Cn3nnc(-c4ccccc4)n3)cc2)cc1. The molecular weight excluding hydrogens is 420 g/mol. The number of carbonyl (C=O) groups excluding carboxylic acids is 2. The van der Waals surface area contributed by atoms with E-state index in [0.717, 1.165) is 16.7 Å². The van der Waals surface area contributed by atoms with Crippen molar-refractivity contribution in [3.63, 3.8) is 0 Å². The highest BCUT2D eigenvalue weighted by atomic mass is 16.5. The zero-order chi connectivity index (χ0) is 23.0. The number of nitrogens with one attached hydrogen (secondary N) is 2. The quantitative estimate of drug-likeness (QED) is 0.425. The number of tetrazole rings is 1. The third-order valence-corrected chi connectivity index (χ3v) is 4.86. The summed E-state index contributed by atoms with van der Waals surface area (Å²) in [5, 5.41) is 12.5. The molecule has 0 unspecified atom stereocenters. The van der Waals surface area contributed by atoms with Gasteiger partial charge in [-0.3, -0.25) is 20.4 Å². The predicted octanol–water partition coefficient (Wildman–Crippen LogP) is 2.40. The minimum atomic E-state index is -0.408. The lowest BCUT2D eigenvalue weighted by Gasteiger charge is -2.08. The smallest absolute Gasteiger partial charge is 0.269 e. The van der Waals surface area contributed by atoms with Crippen LogP contribution in [0.1, 0.15) is 21.5 Å². The molecule has 9 nitrogen and oxygen atoms in total. The van der Waals surface area contributed by atoms with E-state index in [2.05, 4.69) is 26.3 Å². The first-order valence-electron chi connectivity index (χ1n) is 10.2. The second-order valence-corrected chi connectivity index (χ2v) is 7.23. The number of aromatic nitrogens is 4. The molecule has 2 N–H and O–H groups in total. The number of hydrogen-bond donors (Lipinski definition) is 2. The highest BCUT2D eigenvalue weighted by molar-refractivity contribution is 5.95. The third-order valence-electron chi connectivity index (χ3n) is 4.86. The van der Waals surface area contributed by atoms with Crippen molar-refractivity contribution in [1.29, 1.82) is 0 Å². The van der Waals surface area contributed by atoms with Crippen LogP contribution in [0.5, 0.6) is 5.75 Å². The summed E-state index contributed by atoms with van der Waals surface area (Å²) in [5.41, 5.74) is 7.89. The molecule has 0 bridgehead atoms. The number of rotatable bonds is 7. The molecule has 4 rings (SSSR count). The molecule has 0 atom stereocenters. The van der Waals surface area contributed by atoms with Crippen LogP contribution in [-0.4, -0.2) is 39.1 Å². The first-order valence-corrected chi connectivity index (χ1v) is 10.2. The number of carbonyl (C=O) groups is 2. The van der Waals surface area contributed by atoms with Crippen molar-refractivity contribution in [1.82, 2.24) is 31.1 Å². The fraction of sp³-hybridized carbons (Fsp3) is 0.125. The van der Waals surface area contributed by atoms with E-state index in [1.165, 1.54) is 4.80 Å². The Morgan fingerprint density at radius 1 is 0.879 bits per heavy atom. The summed E-state index contributed by atoms with van der Waals surface area (Å²) in [4.78, 5) is 25.9. The van der Waals surface area contributed by atoms with E-state index in [-0.39, 0.29) is 12.3 Å². The molecule has 1 aromatic heterocycles. The molecule has 166 valence electrons. The van der Waals surface area contributed by atoms with Crippen LogP contribution in [-0.2, 0) is 17.8 Å². The zero-order valence-electron chi connectivity index (χ0n) is 17.9. The summed E-state index contributed by atoms with van der Waals surface area (Å²) in [6, 6.07) is 23.7. The van der Waals surface area contributed by atoms with Crippen LogP contribution in [0.4, 0.5) is 0 Å². The van der Waals surface area contributed by atoms with E-state index in [1.807, 2.05) is 30.3 Å². The van der Waals surface area contributed by atoms with Gasteiger partial charge in [-0.1, -0.05) is 54.6 Å². The van der Waals surface area contributed by atoms with E-state index in [9.17, 15) is 9.59 Å². The maximum atomic E-state index is 12.3. The van der Waals surface area contributed by atoms with Gasteiger partial charge in [-0.15, -0.1) is 10.2 Å². The van der Waals surface area contributed by atoms with Gasteiger partial charge in [0.15, 0.2) is 0 Å². The van der Waals surface area contributed by atoms with Crippen molar-refractivity contribution in [2.75, 3.05) is 7.11 Å². The molecule has 9 heteroatoms. The molecule has 0 spiro atoms. The first-order chi connectivity index (χ1) is 16.1. The Morgan fingerprint density at radius 2 is 1.58 bits per heavy atom. The van der Waals surface area contributed by atoms with Crippen LogP contribution in [0.2, 0.25) is 0 Å². The molecule has 0 aliphatic heterocycles. The van der Waals surface area contributed by atoms with E-state index in [4.69, 9.17) is 4.74 Å². The Labute approximate surface area is 190 Å². The van der Waals surface area contributed by atoms with Crippen molar-refractivity contribution in [3.8, 4) is 17.1 Å². The molecule has 0 saturated carbocycles. The first kappa shape index (κ1) is 21.7. The van der Waals surface area contributed by atoms with Crippen molar-refractivity contribution in [2.24, 2.45) is 0 Å². The standard InChI is InChI=1S/C24H22N6O3/c1-33-21-13-9-17(10-14-21)15-22(31)25-27-24(32)20-11-7-18(8-12-20)16-30-28-23(26-29-30)19-5-3-2-4-6-19/h2-14H,15-16H2,1H3,(H,25,31)(H,27,32). The minimum absolute atomic E-state index is 0.138. The molecular formula is C24H22N6O3. The van der Waals surface area contributed by atoms with Crippen LogP contribution < -0.4 is 15.6 Å². The van der Waals surface area contributed by atoms with Gasteiger partial charge in [-0.2, -0.15) is 4.80 Å². The van der Waals surface area contributed by atoms with E-state index in [1.54, 1.807) is 55.6 Å². The topological polar surface area (TPSA) is 111 Å². The molecule has 0 aliphatic carbocycles. The van der Waals surface area contributed by atoms with Crippen molar-refractivity contribution in [2.45, 2.75) is 13.0 Å². The van der Waals surface area contributed by atoms with Gasteiger partial charge in [0, 0.05) is 11.1 Å². The average molecular weight is 442 g/mol. The highest BCUT2D eigenvalue weighted by Gasteiger charge is 2.10. The number of hydrogen-bond acceptors (Lipinski definition) is 6. The Balaban J connectivity index is 1.28. The van der Waals surface area contributed by atoms with Gasteiger partial charge in [-0.25, -0.2) is 0 Å². The molecule has 1 heterocycles. The van der Waals surface area contributed by atoms with Gasteiger partial charge in [0.25, 0.3) is 5.91 Å². The molecule has 0 aliphatic rings. The second-order valence-electron chi connectivity index (χ2n) is 7.23. The van der Waals surface area contributed by atoms with Gasteiger partial charge in [-0.05, 0) is 40.6 Å². The number of amides is 2. The fourth-order valence-electron chi connectivity index (χ4n) is 3.11. The molecule has 0 fully saturated rings. The number of ether oxygens (including phenoxy) is 1. The summed E-state index contributed by atoms with van der Waals surface area (Å²) in [7, 11) is 1.58. The lowest BCUT2D eigenvalue weighted by Crippen LogP contribution is -2.42. The molecule has 33 heavy (non-hydrogen) atoms. The average Bonchev–Trinajstić information content (AvgIpc) is 3.32. The largest absolute Gasteiger partial charge is 0.497 e. The molecule has 4 aromatic rings. The summed E-state index contributed by atoms with van der Waals surface area (Å²) < 4.78 is 5.09. The minimum Gasteiger partial charge on any atom is -0.497 e. The lowest BCUT2D eigenvalue weighted by molar-refractivity contribution is -0.121. The van der Waals surface area contributed by atoms with E-state index >= 15 is 0 Å². The van der Waals surface area contributed by atoms with Crippen molar-refractivity contribution in [3.05, 3.63) is 95.6 Å². The van der Waals surface area contributed by atoms with Gasteiger partial charge in [0.1, 0.15) is 5.75 Å². The summed E-state index contributed by atoms with van der Waals surface area (Å²) in [6.45, 7) is 0.417. The summed E-state index contributed by atoms with van der Waals surface area (Å²) >= 11 is 0. The van der Waals surface area contributed by atoms with Crippen molar-refractivity contribution >= 4 is 11.8 Å². The predicted molar refractivity (Wildman–Crippen MR) is 121 cm³/mol. The monoisotopic (exact) mass is 442 g/mol. The van der Waals surface area contributed by atoms with Crippen LogP contribution in [0, 0.1) is 0 Å². The van der Waals surface area contributed by atoms with Crippen LogP contribution >= 0.6 is 0 Å². The third kappa shape index (κ3) is 5.79. The summed E-state index contributed by atoms with van der Waals surface area (Å²) in [5.74, 6) is 0.538. The lowest BCUT2D eigenvalue weighted by atomic mass is 10.1. The Kier molecular flexibility index (Phi) is 6.70. The van der Waals surface area contributed by atoms with Gasteiger partial charge >= 0.3 is 0 Å². The van der Waals surface area contributed by atoms with Crippen LogP contribution in [0.15, 0.2) is 78.9 Å². The normalized spacial score (nSPS) is 10.5. The van der Waals surface area contributed by atoms with E-state index in [0.29, 0.717) is 23.7 Å². The molecule has 2 amide bonds. The maximum absolute atomic E-state index is 12.3. The summed E-state index contributed by atoms with van der Waals surface area (Å²) in [6.07, 6.45) is 0.138. The number of hydrazine groups is 1. The van der Waals surface area contributed by atoms with Crippen LogP contribution in [0.3, 0.4) is 0 Å². The highest BCUT2D eigenvalue weighted by Crippen LogP contribution is 2.13. The molecule has 3 aromatic carbocycles.